The molecule has 1 aromatic carbocycles. The molecule has 1 amide bonds. The van der Waals surface area contributed by atoms with Crippen molar-refractivity contribution >= 4 is 11.6 Å². The number of rotatable bonds is 2. The lowest BCUT2D eigenvalue weighted by molar-refractivity contribution is -0.121. The van der Waals surface area contributed by atoms with Crippen molar-refractivity contribution in [3.05, 3.63) is 24.3 Å². The van der Waals surface area contributed by atoms with Gasteiger partial charge in [-0.15, -0.1) is 0 Å². The molecule has 1 aromatic rings. The molecule has 1 unspecified atom stereocenters. The Bertz CT molecular complexity index is 398. The summed E-state index contributed by atoms with van der Waals surface area (Å²) in [5.74, 6) is 0.00365. The zero-order chi connectivity index (χ0) is 11.6. The third-order valence-electron chi connectivity index (χ3n) is 3.02. The third-order valence-corrected chi connectivity index (χ3v) is 3.02. The van der Waals surface area contributed by atoms with Crippen LogP contribution < -0.4 is 10.6 Å². The minimum absolute atomic E-state index is 0.0912. The lowest BCUT2D eigenvalue weighted by Gasteiger charge is -2.23. The third kappa shape index (κ3) is 2.02. The number of para-hydroxylation sites is 2. The summed E-state index contributed by atoms with van der Waals surface area (Å²) in [5, 5.41) is 15.5. The van der Waals surface area contributed by atoms with Gasteiger partial charge in [0.25, 0.3) is 0 Å². The van der Waals surface area contributed by atoms with Crippen LogP contribution in [-0.4, -0.2) is 23.1 Å². The number of phenolic OH excluding ortho intramolecular Hbond substituents is 1. The lowest BCUT2D eigenvalue weighted by Crippen LogP contribution is -2.47. The van der Waals surface area contributed by atoms with Crippen LogP contribution in [0.25, 0.3) is 0 Å². The zero-order valence-corrected chi connectivity index (χ0v) is 9.29. The fourth-order valence-corrected chi connectivity index (χ4v) is 1.93. The van der Waals surface area contributed by atoms with Crippen molar-refractivity contribution < 1.29 is 9.90 Å². The van der Waals surface area contributed by atoms with Gasteiger partial charge in [-0.2, -0.15) is 0 Å². The second-order valence-electron chi connectivity index (χ2n) is 4.33. The predicted octanol–water partition coefficient (Wildman–Crippen LogP) is 1.47. The van der Waals surface area contributed by atoms with Crippen molar-refractivity contribution in [3.8, 4) is 5.75 Å². The van der Waals surface area contributed by atoms with E-state index in [-0.39, 0.29) is 11.7 Å². The maximum atomic E-state index is 12.0. The van der Waals surface area contributed by atoms with E-state index in [2.05, 4.69) is 10.6 Å². The van der Waals surface area contributed by atoms with Crippen LogP contribution in [0.2, 0.25) is 0 Å². The first-order valence-corrected chi connectivity index (χ1v) is 5.46. The molecular weight excluding hydrogens is 204 g/mol. The van der Waals surface area contributed by atoms with Crippen molar-refractivity contribution in [2.45, 2.75) is 25.3 Å². The molecule has 1 aliphatic heterocycles. The van der Waals surface area contributed by atoms with Crippen LogP contribution >= 0.6 is 0 Å². The van der Waals surface area contributed by atoms with Gasteiger partial charge in [0.05, 0.1) is 11.2 Å². The molecular formula is C12H16N2O2. The van der Waals surface area contributed by atoms with Gasteiger partial charge in [0.1, 0.15) is 5.75 Å². The van der Waals surface area contributed by atoms with E-state index in [1.54, 1.807) is 24.3 Å². The summed E-state index contributed by atoms with van der Waals surface area (Å²) in [7, 11) is 0. The molecule has 4 heteroatoms. The fraction of sp³-hybridized carbons (Fsp3) is 0.417. The van der Waals surface area contributed by atoms with E-state index in [1.165, 1.54) is 0 Å². The summed E-state index contributed by atoms with van der Waals surface area (Å²) >= 11 is 0. The highest BCUT2D eigenvalue weighted by atomic mass is 16.3. The van der Waals surface area contributed by atoms with E-state index in [9.17, 15) is 9.90 Å². The van der Waals surface area contributed by atoms with Crippen LogP contribution in [-0.2, 0) is 4.79 Å². The molecule has 3 N–H and O–H groups in total. The van der Waals surface area contributed by atoms with E-state index in [0.717, 1.165) is 19.4 Å². The van der Waals surface area contributed by atoms with Crippen LogP contribution in [0.3, 0.4) is 0 Å². The first-order valence-electron chi connectivity index (χ1n) is 5.46. The first-order chi connectivity index (χ1) is 7.62. The second-order valence-corrected chi connectivity index (χ2v) is 4.33. The normalized spacial score (nSPS) is 24.3. The number of carbonyl (C=O) groups is 1. The standard InChI is InChI=1S/C12H16N2O2/c1-12(7-4-8-13-12)11(16)14-9-5-2-3-6-10(9)15/h2-3,5-6,13,15H,4,7-8H2,1H3,(H,14,16). The number of amides is 1. The van der Waals surface area contributed by atoms with Crippen LogP contribution in [0.4, 0.5) is 5.69 Å². The van der Waals surface area contributed by atoms with Crippen LogP contribution in [0, 0.1) is 0 Å². The quantitative estimate of drug-likeness (QED) is 0.661. The lowest BCUT2D eigenvalue weighted by atomic mass is 9.99. The Labute approximate surface area is 94.7 Å². The first kappa shape index (κ1) is 11.0. The van der Waals surface area contributed by atoms with Crippen LogP contribution in [0.15, 0.2) is 24.3 Å². The highest BCUT2D eigenvalue weighted by Gasteiger charge is 2.36. The van der Waals surface area contributed by atoms with Crippen molar-refractivity contribution in [1.82, 2.24) is 5.32 Å². The Morgan fingerprint density at radius 3 is 2.88 bits per heavy atom. The Balaban J connectivity index is 2.10. The van der Waals surface area contributed by atoms with Gasteiger partial charge in [-0.1, -0.05) is 12.1 Å². The Morgan fingerprint density at radius 2 is 2.25 bits per heavy atom. The summed E-state index contributed by atoms with van der Waals surface area (Å²) in [6.07, 6.45) is 1.83. The highest BCUT2D eigenvalue weighted by Crippen LogP contribution is 2.25. The molecule has 86 valence electrons. The number of carbonyl (C=O) groups excluding carboxylic acids is 1. The summed E-state index contributed by atoms with van der Waals surface area (Å²) in [5.41, 5.74) is -0.0510. The van der Waals surface area contributed by atoms with Crippen molar-refractivity contribution in [3.63, 3.8) is 0 Å². The number of hydrogen-bond donors (Lipinski definition) is 3. The molecule has 0 aliphatic carbocycles. The average Bonchev–Trinajstić information content (AvgIpc) is 2.70. The number of nitrogens with one attached hydrogen (secondary N) is 2. The minimum Gasteiger partial charge on any atom is -0.506 e. The molecule has 0 saturated carbocycles. The van der Waals surface area contributed by atoms with Gasteiger partial charge in [0.15, 0.2) is 0 Å². The summed E-state index contributed by atoms with van der Waals surface area (Å²) in [6, 6.07) is 6.74. The molecule has 16 heavy (non-hydrogen) atoms. The van der Waals surface area contributed by atoms with Crippen molar-refractivity contribution in [2.24, 2.45) is 0 Å². The minimum atomic E-state index is -0.512. The average molecular weight is 220 g/mol. The van der Waals surface area contributed by atoms with E-state index in [1.807, 2.05) is 6.92 Å². The smallest absolute Gasteiger partial charge is 0.244 e. The monoisotopic (exact) mass is 220 g/mol. The summed E-state index contributed by atoms with van der Waals surface area (Å²) in [4.78, 5) is 12.0. The molecule has 1 heterocycles. The molecule has 0 spiro atoms. The van der Waals surface area contributed by atoms with Crippen LogP contribution in [0.5, 0.6) is 5.75 Å². The van der Waals surface area contributed by atoms with Gasteiger partial charge in [0, 0.05) is 0 Å². The second kappa shape index (κ2) is 4.14. The molecule has 4 nitrogen and oxygen atoms in total. The number of hydrogen-bond acceptors (Lipinski definition) is 3. The Kier molecular flexibility index (Phi) is 2.83. The Morgan fingerprint density at radius 1 is 1.50 bits per heavy atom. The van der Waals surface area contributed by atoms with Gasteiger partial charge in [0.2, 0.25) is 5.91 Å². The zero-order valence-electron chi connectivity index (χ0n) is 9.29. The highest BCUT2D eigenvalue weighted by molar-refractivity contribution is 5.99. The number of aromatic hydroxyl groups is 1. The molecule has 1 atom stereocenters. The van der Waals surface area contributed by atoms with Gasteiger partial charge >= 0.3 is 0 Å². The maximum absolute atomic E-state index is 12.0. The van der Waals surface area contributed by atoms with Crippen molar-refractivity contribution in [1.29, 1.82) is 0 Å². The van der Waals surface area contributed by atoms with Gasteiger partial charge in [-0.25, -0.2) is 0 Å². The predicted molar refractivity (Wildman–Crippen MR) is 62.4 cm³/mol. The van der Waals surface area contributed by atoms with E-state index >= 15 is 0 Å². The molecule has 1 fully saturated rings. The van der Waals surface area contributed by atoms with E-state index < -0.39 is 5.54 Å². The van der Waals surface area contributed by atoms with Crippen molar-refractivity contribution in [2.75, 3.05) is 11.9 Å². The van der Waals surface area contributed by atoms with Crippen LogP contribution in [0.1, 0.15) is 19.8 Å². The topological polar surface area (TPSA) is 61.4 Å². The largest absolute Gasteiger partial charge is 0.506 e. The number of phenols is 1. The van der Waals surface area contributed by atoms with E-state index in [4.69, 9.17) is 0 Å². The molecule has 2 rings (SSSR count). The maximum Gasteiger partial charge on any atom is 0.244 e. The van der Waals surface area contributed by atoms with E-state index in [0.29, 0.717) is 5.69 Å². The number of anilines is 1. The number of benzene rings is 1. The molecule has 1 aliphatic rings. The molecule has 0 bridgehead atoms. The summed E-state index contributed by atoms with van der Waals surface area (Å²) in [6.45, 7) is 2.75. The van der Waals surface area contributed by atoms with Gasteiger partial charge < -0.3 is 15.7 Å². The molecule has 0 aromatic heterocycles. The summed E-state index contributed by atoms with van der Waals surface area (Å²) < 4.78 is 0. The Hall–Kier alpha value is -1.55. The molecule has 0 radical (unpaired) electrons. The SMILES string of the molecule is CC1(C(=O)Nc2ccccc2O)CCCN1. The molecule has 1 saturated heterocycles. The van der Waals surface area contributed by atoms with Gasteiger partial charge in [-0.05, 0) is 38.4 Å². The van der Waals surface area contributed by atoms with Gasteiger partial charge in [-0.3, -0.25) is 4.79 Å². The fourth-order valence-electron chi connectivity index (χ4n) is 1.93.